The maximum atomic E-state index is 11.2. The lowest BCUT2D eigenvalue weighted by Gasteiger charge is -2.12. The Morgan fingerprint density at radius 2 is 2.32 bits per heavy atom. The third kappa shape index (κ3) is 3.53. The Morgan fingerprint density at radius 1 is 1.63 bits per heavy atom. The number of terminal acetylenes is 1. The number of hydrogen-bond donors (Lipinski definition) is 2. The standard InChI is InChI=1S/C13H14N2O4/c1-3-10(4-2)14-8-9-6-5-7-11(15(18)19)12(9)13(16)17/h1,5-7,10,14H,4,8H2,2H3,(H,16,17). The quantitative estimate of drug-likeness (QED) is 0.463. The summed E-state index contributed by atoms with van der Waals surface area (Å²) in [4.78, 5) is 21.3. The molecule has 0 aliphatic rings. The number of hydrogen-bond acceptors (Lipinski definition) is 4. The SMILES string of the molecule is C#CC(CC)NCc1cccc([N+](=O)[O-])c1C(=O)O. The second kappa shape index (κ2) is 6.52. The molecule has 0 aromatic heterocycles. The topological polar surface area (TPSA) is 92.5 Å². The Morgan fingerprint density at radius 3 is 2.79 bits per heavy atom. The van der Waals surface area contributed by atoms with Crippen LogP contribution in [0.15, 0.2) is 18.2 Å². The molecule has 1 unspecified atom stereocenters. The summed E-state index contributed by atoms with van der Waals surface area (Å²) in [6.07, 6.45) is 5.97. The van der Waals surface area contributed by atoms with Crippen LogP contribution in [0.25, 0.3) is 0 Å². The van der Waals surface area contributed by atoms with Crippen molar-refractivity contribution in [2.24, 2.45) is 0 Å². The number of carboxylic acid groups (broad SMARTS) is 1. The lowest BCUT2D eigenvalue weighted by molar-refractivity contribution is -0.385. The molecule has 1 rings (SSSR count). The minimum atomic E-state index is -1.32. The monoisotopic (exact) mass is 262 g/mol. The van der Waals surface area contributed by atoms with E-state index in [9.17, 15) is 14.9 Å². The molecular weight excluding hydrogens is 248 g/mol. The van der Waals surface area contributed by atoms with E-state index in [-0.39, 0.29) is 18.2 Å². The first kappa shape index (κ1) is 14.7. The fourth-order valence-electron chi connectivity index (χ4n) is 1.69. The molecule has 1 aromatic carbocycles. The zero-order chi connectivity index (χ0) is 14.4. The van der Waals surface area contributed by atoms with Crippen LogP contribution in [-0.4, -0.2) is 22.0 Å². The van der Waals surface area contributed by atoms with Crippen molar-refractivity contribution in [3.05, 3.63) is 39.4 Å². The molecule has 1 atom stereocenters. The smallest absolute Gasteiger partial charge is 0.343 e. The summed E-state index contributed by atoms with van der Waals surface area (Å²) >= 11 is 0. The number of rotatable bonds is 6. The van der Waals surface area contributed by atoms with Crippen molar-refractivity contribution in [1.82, 2.24) is 5.32 Å². The lowest BCUT2D eigenvalue weighted by Crippen LogP contribution is -2.27. The van der Waals surface area contributed by atoms with Gasteiger partial charge in [0.05, 0.1) is 11.0 Å². The maximum absolute atomic E-state index is 11.2. The molecule has 0 saturated heterocycles. The minimum Gasteiger partial charge on any atom is -0.477 e. The zero-order valence-electron chi connectivity index (χ0n) is 10.4. The highest BCUT2D eigenvalue weighted by molar-refractivity contribution is 5.94. The second-order valence-corrected chi connectivity index (χ2v) is 3.88. The summed E-state index contributed by atoms with van der Waals surface area (Å²) in [5, 5.41) is 22.9. The van der Waals surface area contributed by atoms with Crippen LogP contribution in [0.1, 0.15) is 29.3 Å². The molecule has 1 aromatic rings. The molecule has 19 heavy (non-hydrogen) atoms. The number of carbonyl (C=O) groups is 1. The molecule has 6 heteroatoms. The van der Waals surface area contributed by atoms with Gasteiger partial charge in [0.2, 0.25) is 0 Å². The Bertz CT molecular complexity index is 534. The van der Waals surface area contributed by atoms with Crippen molar-refractivity contribution in [2.75, 3.05) is 0 Å². The van der Waals surface area contributed by atoms with Gasteiger partial charge < -0.3 is 5.11 Å². The maximum Gasteiger partial charge on any atom is 0.343 e. The van der Waals surface area contributed by atoms with Crippen LogP contribution < -0.4 is 5.32 Å². The molecule has 0 aliphatic carbocycles. The minimum absolute atomic E-state index is 0.173. The van der Waals surface area contributed by atoms with E-state index in [4.69, 9.17) is 11.5 Å². The fourth-order valence-corrected chi connectivity index (χ4v) is 1.69. The molecule has 0 radical (unpaired) electrons. The van der Waals surface area contributed by atoms with E-state index in [0.717, 1.165) is 0 Å². The van der Waals surface area contributed by atoms with Gasteiger partial charge in [-0.25, -0.2) is 4.79 Å². The molecule has 100 valence electrons. The van der Waals surface area contributed by atoms with Gasteiger partial charge in [0, 0.05) is 12.6 Å². The lowest BCUT2D eigenvalue weighted by atomic mass is 10.0. The molecule has 0 aliphatic heterocycles. The molecule has 0 amide bonds. The number of nitro benzene ring substituents is 1. The Hall–Kier alpha value is -2.39. The van der Waals surface area contributed by atoms with Gasteiger partial charge >= 0.3 is 5.97 Å². The highest BCUT2D eigenvalue weighted by atomic mass is 16.6. The van der Waals surface area contributed by atoms with Gasteiger partial charge in [-0.05, 0) is 12.0 Å². The van der Waals surface area contributed by atoms with Crippen LogP contribution in [0.3, 0.4) is 0 Å². The van der Waals surface area contributed by atoms with Crippen LogP contribution in [-0.2, 0) is 6.54 Å². The first-order chi connectivity index (χ1) is 9.01. The van der Waals surface area contributed by atoms with Crippen LogP contribution in [0.5, 0.6) is 0 Å². The summed E-state index contributed by atoms with van der Waals surface area (Å²) in [7, 11) is 0. The van der Waals surface area contributed by atoms with E-state index < -0.39 is 16.6 Å². The first-order valence-corrected chi connectivity index (χ1v) is 5.70. The van der Waals surface area contributed by atoms with Crippen molar-refractivity contribution in [2.45, 2.75) is 25.9 Å². The first-order valence-electron chi connectivity index (χ1n) is 5.70. The van der Waals surface area contributed by atoms with Gasteiger partial charge in [-0.15, -0.1) is 6.42 Å². The van der Waals surface area contributed by atoms with E-state index in [1.165, 1.54) is 18.2 Å². The van der Waals surface area contributed by atoms with Gasteiger partial charge in [0.15, 0.2) is 0 Å². The van der Waals surface area contributed by atoms with E-state index in [1.807, 2.05) is 6.92 Å². The van der Waals surface area contributed by atoms with E-state index in [1.54, 1.807) is 0 Å². The van der Waals surface area contributed by atoms with Gasteiger partial charge in [-0.2, -0.15) is 0 Å². The molecule has 6 nitrogen and oxygen atoms in total. The predicted molar refractivity (Wildman–Crippen MR) is 69.8 cm³/mol. The third-order valence-electron chi connectivity index (χ3n) is 2.69. The van der Waals surface area contributed by atoms with Crippen molar-refractivity contribution in [1.29, 1.82) is 0 Å². The third-order valence-corrected chi connectivity index (χ3v) is 2.69. The average molecular weight is 262 g/mol. The van der Waals surface area contributed by atoms with Crippen molar-refractivity contribution < 1.29 is 14.8 Å². The van der Waals surface area contributed by atoms with Crippen LogP contribution in [0.4, 0.5) is 5.69 Å². The molecule has 0 bridgehead atoms. The number of carboxylic acids is 1. The molecule has 0 saturated carbocycles. The number of nitrogens with one attached hydrogen (secondary N) is 1. The Labute approximate surface area is 110 Å². The average Bonchev–Trinajstić information content (AvgIpc) is 2.39. The summed E-state index contributed by atoms with van der Waals surface area (Å²) in [5.74, 6) is 1.19. The van der Waals surface area contributed by atoms with Crippen molar-refractivity contribution in [3.63, 3.8) is 0 Å². The van der Waals surface area contributed by atoms with E-state index in [2.05, 4.69) is 11.2 Å². The number of benzene rings is 1. The van der Waals surface area contributed by atoms with Crippen LogP contribution in [0.2, 0.25) is 0 Å². The zero-order valence-corrected chi connectivity index (χ0v) is 10.4. The van der Waals surface area contributed by atoms with Crippen LogP contribution >= 0.6 is 0 Å². The molecule has 0 spiro atoms. The predicted octanol–water partition coefficient (Wildman–Crippen LogP) is 1.79. The molecule has 0 heterocycles. The Kier molecular flexibility index (Phi) is 5.03. The summed E-state index contributed by atoms with van der Waals surface area (Å²) < 4.78 is 0. The van der Waals surface area contributed by atoms with Crippen LogP contribution in [0, 0.1) is 22.5 Å². The number of aromatic carboxylic acids is 1. The fraction of sp³-hybridized carbons (Fsp3) is 0.308. The largest absolute Gasteiger partial charge is 0.477 e. The molecule has 0 fully saturated rings. The van der Waals surface area contributed by atoms with Crippen molar-refractivity contribution >= 4 is 11.7 Å². The number of nitro groups is 1. The van der Waals surface area contributed by atoms with E-state index in [0.29, 0.717) is 12.0 Å². The molecule has 2 N–H and O–H groups in total. The summed E-state index contributed by atoms with van der Waals surface area (Å²) in [6.45, 7) is 2.06. The van der Waals surface area contributed by atoms with Gasteiger partial charge in [0.25, 0.3) is 5.69 Å². The van der Waals surface area contributed by atoms with Crippen molar-refractivity contribution in [3.8, 4) is 12.3 Å². The van der Waals surface area contributed by atoms with Gasteiger partial charge in [0.1, 0.15) is 5.56 Å². The highest BCUT2D eigenvalue weighted by Gasteiger charge is 2.23. The Balaban J connectivity index is 3.08. The van der Waals surface area contributed by atoms with Gasteiger partial charge in [-0.1, -0.05) is 25.0 Å². The van der Waals surface area contributed by atoms with Gasteiger partial charge in [-0.3, -0.25) is 15.4 Å². The molecular formula is C13H14N2O4. The normalized spacial score (nSPS) is 11.6. The second-order valence-electron chi connectivity index (χ2n) is 3.88. The summed E-state index contributed by atoms with van der Waals surface area (Å²) in [5.41, 5.74) is -0.372. The van der Waals surface area contributed by atoms with E-state index >= 15 is 0 Å². The number of nitrogens with zero attached hydrogens (tertiary/aromatic N) is 1. The summed E-state index contributed by atoms with van der Waals surface area (Å²) in [6, 6.07) is 3.97. The highest BCUT2D eigenvalue weighted by Crippen LogP contribution is 2.22.